The number of rotatable bonds is 4. The van der Waals surface area contributed by atoms with E-state index in [4.69, 9.17) is 4.74 Å². The summed E-state index contributed by atoms with van der Waals surface area (Å²) in [5.41, 5.74) is 2.63. The summed E-state index contributed by atoms with van der Waals surface area (Å²) in [6.07, 6.45) is 6.45. The van der Waals surface area contributed by atoms with E-state index in [0.717, 1.165) is 6.61 Å². The van der Waals surface area contributed by atoms with Gasteiger partial charge in [-0.15, -0.1) is 0 Å². The fraction of sp³-hybridized carbons (Fsp3) is 0.286. The molecule has 2 rings (SSSR count). The van der Waals surface area contributed by atoms with E-state index >= 15 is 0 Å². The largest absolute Gasteiger partial charge is 0.376 e. The number of ether oxygens (including phenoxy) is 1. The first-order valence-corrected chi connectivity index (χ1v) is 5.33. The zero-order chi connectivity index (χ0) is 10.5. The van der Waals surface area contributed by atoms with Crippen LogP contribution in [0.2, 0.25) is 0 Å². The Kier molecular flexibility index (Phi) is 3.36. The lowest BCUT2D eigenvalue weighted by Crippen LogP contribution is -2.06. The molecule has 1 heteroatoms. The van der Waals surface area contributed by atoms with E-state index in [1.54, 1.807) is 0 Å². The second kappa shape index (κ2) is 4.94. The highest BCUT2D eigenvalue weighted by molar-refractivity contribution is 5.25. The van der Waals surface area contributed by atoms with Crippen LogP contribution in [0.5, 0.6) is 0 Å². The molecule has 1 aliphatic rings. The van der Waals surface area contributed by atoms with Crippen molar-refractivity contribution < 1.29 is 4.74 Å². The van der Waals surface area contributed by atoms with Gasteiger partial charge in [0.05, 0.1) is 13.2 Å². The molecule has 0 aromatic heterocycles. The molecule has 1 aromatic rings. The van der Waals surface area contributed by atoms with Gasteiger partial charge < -0.3 is 4.74 Å². The molecule has 0 fully saturated rings. The summed E-state index contributed by atoms with van der Waals surface area (Å²) in [6.45, 7) is 3.64. The Morgan fingerprint density at radius 3 is 2.67 bits per heavy atom. The van der Waals surface area contributed by atoms with Crippen molar-refractivity contribution >= 4 is 0 Å². The van der Waals surface area contributed by atoms with Gasteiger partial charge in [0.25, 0.3) is 0 Å². The van der Waals surface area contributed by atoms with Crippen LogP contribution in [-0.2, 0) is 11.3 Å². The van der Waals surface area contributed by atoms with Gasteiger partial charge in [-0.2, -0.15) is 0 Å². The van der Waals surface area contributed by atoms with Crippen LogP contribution in [0.3, 0.4) is 0 Å². The molecule has 0 saturated carbocycles. The standard InChI is InChI=1S/C14H16O/c1-12-6-5-9-14(12)11-15-10-13-7-3-2-4-8-13/h2-9,14H,10-11H2,1H3. The Labute approximate surface area is 91.1 Å². The van der Waals surface area contributed by atoms with Crippen LogP contribution in [0.4, 0.5) is 0 Å². The monoisotopic (exact) mass is 200 g/mol. The van der Waals surface area contributed by atoms with E-state index in [9.17, 15) is 0 Å². The second-order valence-electron chi connectivity index (χ2n) is 3.90. The minimum absolute atomic E-state index is 0.480. The molecule has 0 spiro atoms. The molecule has 1 nitrogen and oxygen atoms in total. The number of hydrogen-bond donors (Lipinski definition) is 0. The summed E-state index contributed by atoms with van der Waals surface area (Å²) in [4.78, 5) is 0. The van der Waals surface area contributed by atoms with E-state index in [2.05, 4.69) is 37.3 Å². The lowest BCUT2D eigenvalue weighted by Gasteiger charge is -2.10. The topological polar surface area (TPSA) is 9.23 Å². The van der Waals surface area contributed by atoms with Crippen molar-refractivity contribution in [3.05, 3.63) is 59.7 Å². The molecule has 0 heterocycles. The van der Waals surface area contributed by atoms with Gasteiger partial charge in [0.1, 0.15) is 0 Å². The summed E-state index contributed by atoms with van der Waals surface area (Å²) in [5.74, 6) is 0.480. The van der Waals surface area contributed by atoms with E-state index in [0.29, 0.717) is 12.5 Å². The van der Waals surface area contributed by atoms with Crippen LogP contribution in [0.1, 0.15) is 12.5 Å². The van der Waals surface area contributed by atoms with Crippen LogP contribution in [-0.4, -0.2) is 6.61 Å². The number of allylic oxidation sites excluding steroid dienone is 2. The van der Waals surface area contributed by atoms with Gasteiger partial charge in [0.15, 0.2) is 0 Å². The van der Waals surface area contributed by atoms with Gasteiger partial charge in [0.2, 0.25) is 0 Å². The average Bonchev–Trinajstić information content (AvgIpc) is 2.66. The minimum atomic E-state index is 0.480. The fourth-order valence-electron chi connectivity index (χ4n) is 1.68. The van der Waals surface area contributed by atoms with E-state index in [1.807, 2.05) is 18.2 Å². The molecule has 0 bridgehead atoms. The third-order valence-electron chi connectivity index (χ3n) is 2.70. The third-order valence-corrected chi connectivity index (χ3v) is 2.70. The fourth-order valence-corrected chi connectivity index (χ4v) is 1.68. The van der Waals surface area contributed by atoms with Gasteiger partial charge in [-0.3, -0.25) is 0 Å². The summed E-state index contributed by atoms with van der Waals surface area (Å²) in [6, 6.07) is 10.3. The molecule has 1 aromatic carbocycles. The Bertz CT molecular complexity index is 362. The summed E-state index contributed by atoms with van der Waals surface area (Å²) in [5, 5.41) is 0. The lowest BCUT2D eigenvalue weighted by molar-refractivity contribution is 0.108. The number of hydrogen-bond acceptors (Lipinski definition) is 1. The SMILES string of the molecule is CC1=CC=CC1COCc1ccccc1. The van der Waals surface area contributed by atoms with Gasteiger partial charge >= 0.3 is 0 Å². The van der Waals surface area contributed by atoms with Gasteiger partial charge in [-0.25, -0.2) is 0 Å². The minimum Gasteiger partial charge on any atom is -0.376 e. The highest BCUT2D eigenvalue weighted by Gasteiger charge is 2.10. The van der Waals surface area contributed by atoms with Crippen molar-refractivity contribution in [2.24, 2.45) is 5.92 Å². The Hall–Kier alpha value is -1.34. The molecule has 78 valence electrons. The Balaban J connectivity index is 1.76. The second-order valence-corrected chi connectivity index (χ2v) is 3.90. The van der Waals surface area contributed by atoms with Crippen LogP contribution in [0, 0.1) is 5.92 Å². The maximum absolute atomic E-state index is 5.68. The zero-order valence-corrected chi connectivity index (χ0v) is 9.02. The predicted octanol–water partition coefficient (Wildman–Crippen LogP) is 3.34. The summed E-state index contributed by atoms with van der Waals surface area (Å²) < 4.78 is 5.68. The predicted molar refractivity (Wildman–Crippen MR) is 62.5 cm³/mol. The van der Waals surface area contributed by atoms with Crippen molar-refractivity contribution in [1.82, 2.24) is 0 Å². The smallest absolute Gasteiger partial charge is 0.0717 e. The zero-order valence-electron chi connectivity index (χ0n) is 9.02. The average molecular weight is 200 g/mol. The molecule has 0 saturated heterocycles. The lowest BCUT2D eigenvalue weighted by atomic mass is 10.1. The van der Waals surface area contributed by atoms with Crippen molar-refractivity contribution in [2.75, 3.05) is 6.61 Å². The van der Waals surface area contributed by atoms with E-state index in [1.165, 1.54) is 11.1 Å². The van der Waals surface area contributed by atoms with Crippen LogP contribution in [0.25, 0.3) is 0 Å². The first-order valence-electron chi connectivity index (χ1n) is 5.33. The van der Waals surface area contributed by atoms with Gasteiger partial charge in [-0.1, -0.05) is 54.1 Å². The van der Waals surface area contributed by atoms with E-state index in [-0.39, 0.29) is 0 Å². The first-order chi connectivity index (χ1) is 7.36. The quantitative estimate of drug-likeness (QED) is 0.724. The molecule has 0 aliphatic heterocycles. The van der Waals surface area contributed by atoms with Crippen molar-refractivity contribution in [2.45, 2.75) is 13.5 Å². The molecular weight excluding hydrogens is 184 g/mol. The highest BCUT2D eigenvalue weighted by Crippen LogP contribution is 2.19. The molecule has 15 heavy (non-hydrogen) atoms. The summed E-state index contributed by atoms with van der Waals surface area (Å²) >= 11 is 0. The maximum atomic E-state index is 5.68. The van der Waals surface area contributed by atoms with Crippen molar-refractivity contribution in [1.29, 1.82) is 0 Å². The summed E-state index contributed by atoms with van der Waals surface area (Å²) in [7, 11) is 0. The Morgan fingerprint density at radius 1 is 1.20 bits per heavy atom. The van der Waals surface area contributed by atoms with Crippen LogP contribution < -0.4 is 0 Å². The molecule has 1 atom stereocenters. The van der Waals surface area contributed by atoms with Crippen LogP contribution >= 0.6 is 0 Å². The normalized spacial score (nSPS) is 19.3. The molecule has 0 radical (unpaired) electrons. The van der Waals surface area contributed by atoms with Crippen molar-refractivity contribution in [3.63, 3.8) is 0 Å². The maximum Gasteiger partial charge on any atom is 0.0717 e. The molecule has 1 aliphatic carbocycles. The third kappa shape index (κ3) is 2.80. The van der Waals surface area contributed by atoms with E-state index < -0.39 is 0 Å². The molecule has 1 unspecified atom stereocenters. The van der Waals surface area contributed by atoms with Gasteiger partial charge in [0, 0.05) is 5.92 Å². The van der Waals surface area contributed by atoms with Gasteiger partial charge in [-0.05, 0) is 12.5 Å². The Morgan fingerprint density at radius 2 is 2.00 bits per heavy atom. The molecular formula is C14H16O. The number of benzene rings is 1. The molecule has 0 N–H and O–H groups in total. The van der Waals surface area contributed by atoms with Crippen LogP contribution in [0.15, 0.2) is 54.1 Å². The van der Waals surface area contributed by atoms with Crippen molar-refractivity contribution in [3.8, 4) is 0 Å². The highest BCUT2D eigenvalue weighted by atomic mass is 16.5. The first kappa shape index (κ1) is 10.2. The molecule has 0 amide bonds.